The molecule has 0 aromatic heterocycles. The molecular weight excluding hydrogens is 334 g/mol. The van der Waals surface area contributed by atoms with Crippen molar-refractivity contribution in [1.82, 2.24) is 15.5 Å². The predicted octanol–water partition coefficient (Wildman–Crippen LogP) is 2.84. The highest BCUT2D eigenvalue weighted by Crippen LogP contribution is 2.22. The van der Waals surface area contributed by atoms with Crippen molar-refractivity contribution in [2.75, 3.05) is 13.7 Å². The van der Waals surface area contributed by atoms with Crippen LogP contribution in [-0.4, -0.2) is 41.2 Å². The van der Waals surface area contributed by atoms with E-state index in [4.69, 9.17) is 17.0 Å². The fourth-order valence-electron chi connectivity index (χ4n) is 3.26. The van der Waals surface area contributed by atoms with Crippen molar-refractivity contribution in [3.8, 4) is 5.75 Å². The van der Waals surface area contributed by atoms with Crippen molar-refractivity contribution in [3.63, 3.8) is 0 Å². The second-order valence-electron chi connectivity index (χ2n) is 7.29. The number of nitrogens with zero attached hydrogens (tertiary/aromatic N) is 1. The monoisotopic (exact) mass is 363 g/mol. The first kappa shape index (κ1) is 19.5. The van der Waals surface area contributed by atoms with Crippen molar-refractivity contribution in [1.29, 1.82) is 0 Å². The van der Waals surface area contributed by atoms with Gasteiger partial charge in [0.2, 0.25) is 5.91 Å². The molecule has 2 rings (SSSR count). The Morgan fingerprint density at radius 1 is 1.48 bits per heavy atom. The molecule has 6 heteroatoms. The molecule has 0 saturated carbocycles. The van der Waals surface area contributed by atoms with Crippen LogP contribution in [-0.2, 0) is 11.3 Å². The first-order valence-corrected chi connectivity index (χ1v) is 9.20. The minimum absolute atomic E-state index is 0.0428. The molecule has 0 radical (unpaired) electrons. The van der Waals surface area contributed by atoms with Gasteiger partial charge in [0.05, 0.1) is 7.11 Å². The van der Waals surface area contributed by atoms with Crippen molar-refractivity contribution in [2.45, 2.75) is 58.2 Å². The van der Waals surface area contributed by atoms with E-state index >= 15 is 0 Å². The molecule has 1 aromatic rings. The second-order valence-corrected chi connectivity index (χ2v) is 7.68. The smallest absolute Gasteiger partial charge is 0.220 e. The Labute approximate surface area is 156 Å². The van der Waals surface area contributed by atoms with Crippen LogP contribution in [0.1, 0.15) is 45.6 Å². The van der Waals surface area contributed by atoms with E-state index < -0.39 is 0 Å². The summed E-state index contributed by atoms with van der Waals surface area (Å²) in [5.74, 6) is 0.862. The van der Waals surface area contributed by atoms with Gasteiger partial charge in [0.25, 0.3) is 0 Å². The average molecular weight is 364 g/mol. The third-order valence-electron chi connectivity index (χ3n) is 4.47. The van der Waals surface area contributed by atoms with Crippen LogP contribution in [0.15, 0.2) is 24.3 Å². The summed E-state index contributed by atoms with van der Waals surface area (Å²) in [6, 6.07) is 8.12. The zero-order chi connectivity index (χ0) is 18.4. The summed E-state index contributed by atoms with van der Waals surface area (Å²) in [7, 11) is 1.64. The lowest BCUT2D eigenvalue weighted by Crippen LogP contribution is -2.60. The van der Waals surface area contributed by atoms with Gasteiger partial charge in [-0.2, -0.15) is 0 Å². The highest BCUT2D eigenvalue weighted by Gasteiger charge is 2.32. The maximum atomic E-state index is 12.1. The summed E-state index contributed by atoms with van der Waals surface area (Å²) in [4.78, 5) is 14.3. The second kappa shape index (κ2) is 8.52. The summed E-state index contributed by atoms with van der Waals surface area (Å²) in [6.45, 7) is 7.84. The highest BCUT2D eigenvalue weighted by atomic mass is 32.1. The van der Waals surface area contributed by atoms with Gasteiger partial charge in [-0.25, -0.2) is 0 Å². The first-order valence-electron chi connectivity index (χ1n) is 8.79. The number of amides is 1. The number of carbonyl (C=O) groups excluding carboxylic acids is 1. The van der Waals surface area contributed by atoms with Gasteiger partial charge in [-0.1, -0.05) is 12.1 Å². The molecule has 1 aliphatic rings. The van der Waals surface area contributed by atoms with Gasteiger partial charge in [-0.15, -0.1) is 0 Å². The fourth-order valence-corrected chi connectivity index (χ4v) is 3.81. The Kier molecular flexibility index (Phi) is 6.64. The molecule has 1 aromatic carbocycles. The van der Waals surface area contributed by atoms with Crippen molar-refractivity contribution in [3.05, 3.63) is 29.8 Å². The predicted molar refractivity (Wildman–Crippen MR) is 105 cm³/mol. The number of hydrogen-bond donors (Lipinski definition) is 2. The Morgan fingerprint density at radius 3 is 2.92 bits per heavy atom. The first-order chi connectivity index (χ1) is 11.8. The molecule has 25 heavy (non-hydrogen) atoms. The lowest BCUT2D eigenvalue weighted by molar-refractivity contribution is -0.121. The third-order valence-corrected chi connectivity index (χ3v) is 4.81. The van der Waals surface area contributed by atoms with Crippen molar-refractivity contribution < 1.29 is 9.53 Å². The topological polar surface area (TPSA) is 53.6 Å². The number of carbonyl (C=O) groups is 1. The number of nitrogens with one attached hydrogen (secondary N) is 2. The zero-order valence-corrected chi connectivity index (χ0v) is 16.4. The largest absolute Gasteiger partial charge is 0.497 e. The molecule has 1 atom stereocenters. The van der Waals surface area contributed by atoms with Gasteiger partial charge < -0.3 is 20.3 Å². The summed E-state index contributed by atoms with van der Waals surface area (Å²) in [5.41, 5.74) is 1.08. The molecular formula is C19H29N3O2S. The van der Waals surface area contributed by atoms with Crippen LogP contribution in [0.5, 0.6) is 5.75 Å². The van der Waals surface area contributed by atoms with Crippen molar-refractivity contribution in [2.24, 2.45) is 0 Å². The molecule has 1 amide bonds. The minimum atomic E-state index is 0.0428. The molecule has 5 nitrogen and oxygen atoms in total. The SMILES string of the molecule is COc1cccc(CNC(=O)CCCN2C(=S)NC(C)(C)C[C@H]2C)c1. The Bertz CT molecular complexity index is 618. The maximum Gasteiger partial charge on any atom is 0.220 e. The Hall–Kier alpha value is -1.82. The summed E-state index contributed by atoms with van der Waals surface area (Å²) in [6.07, 6.45) is 2.32. The van der Waals surface area contributed by atoms with Gasteiger partial charge in [0, 0.05) is 31.1 Å². The van der Waals surface area contributed by atoms with Crippen LogP contribution in [0.25, 0.3) is 0 Å². The molecule has 1 aliphatic heterocycles. The zero-order valence-electron chi connectivity index (χ0n) is 15.6. The number of ether oxygens (including phenoxy) is 1. The van der Waals surface area contributed by atoms with Crippen LogP contribution < -0.4 is 15.4 Å². The molecule has 1 fully saturated rings. The Balaban J connectivity index is 1.72. The van der Waals surface area contributed by atoms with Gasteiger partial charge in [-0.05, 0) is 63.5 Å². The standard InChI is InChI=1S/C19H29N3O2S/c1-14-12-19(2,3)21-18(25)22(14)10-6-9-17(23)20-13-15-7-5-8-16(11-15)24-4/h5,7-8,11,14H,6,9-10,12-13H2,1-4H3,(H,20,23)(H,21,25)/t14-/m1/s1. The molecule has 0 spiro atoms. The van der Waals surface area contributed by atoms with E-state index in [1.807, 2.05) is 24.3 Å². The van der Waals surface area contributed by atoms with Crippen LogP contribution in [0.3, 0.4) is 0 Å². The number of thiocarbonyl (C=S) groups is 1. The van der Waals surface area contributed by atoms with Gasteiger partial charge in [0.15, 0.2) is 5.11 Å². The van der Waals surface area contributed by atoms with Crippen molar-refractivity contribution >= 4 is 23.2 Å². The van der Waals surface area contributed by atoms with E-state index in [0.29, 0.717) is 19.0 Å². The summed E-state index contributed by atoms with van der Waals surface area (Å²) in [5, 5.41) is 7.13. The minimum Gasteiger partial charge on any atom is -0.497 e. The summed E-state index contributed by atoms with van der Waals surface area (Å²) < 4.78 is 5.19. The number of benzene rings is 1. The lowest BCUT2D eigenvalue weighted by atomic mass is 9.93. The quantitative estimate of drug-likeness (QED) is 0.730. The normalized spacial score (nSPS) is 19.3. The molecule has 1 heterocycles. The molecule has 1 saturated heterocycles. The van der Waals surface area contributed by atoms with Gasteiger partial charge in [0.1, 0.15) is 5.75 Å². The Morgan fingerprint density at radius 2 is 2.24 bits per heavy atom. The van der Waals surface area contributed by atoms with Gasteiger partial charge >= 0.3 is 0 Å². The number of methoxy groups -OCH3 is 1. The van der Waals surface area contributed by atoms with Crippen LogP contribution >= 0.6 is 12.2 Å². The molecule has 2 N–H and O–H groups in total. The van der Waals surface area contributed by atoms with Gasteiger partial charge in [-0.3, -0.25) is 4.79 Å². The summed E-state index contributed by atoms with van der Waals surface area (Å²) >= 11 is 5.47. The number of rotatable bonds is 7. The molecule has 0 bridgehead atoms. The van der Waals surface area contributed by atoms with Crippen LogP contribution in [0, 0.1) is 0 Å². The molecule has 0 aliphatic carbocycles. The molecule has 0 unspecified atom stereocenters. The number of hydrogen-bond acceptors (Lipinski definition) is 3. The highest BCUT2D eigenvalue weighted by molar-refractivity contribution is 7.80. The third kappa shape index (κ3) is 5.88. The van der Waals surface area contributed by atoms with E-state index in [0.717, 1.165) is 35.8 Å². The van der Waals surface area contributed by atoms with E-state index in [1.165, 1.54) is 0 Å². The van der Waals surface area contributed by atoms with E-state index in [9.17, 15) is 4.79 Å². The fraction of sp³-hybridized carbons (Fsp3) is 0.579. The lowest BCUT2D eigenvalue weighted by Gasteiger charge is -2.44. The van der Waals surface area contributed by atoms with E-state index in [-0.39, 0.29) is 11.4 Å². The average Bonchev–Trinajstić information content (AvgIpc) is 2.54. The van der Waals surface area contributed by atoms with Crippen LogP contribution in [0.2, 0.25) is 0 Å². The van der Waals surface area contributed by atoms with E-state index in [2.05, 4.69) is 36.3 Å². The molecule has 138 valence electrons. The van der Waals surface area contributed by atoms with Crippen LogP contribution in [0.4, 0.5) is 0 Å². The van der Waals surface area contributed by atoms with E-state index in [1.54, 1.807) is 7.11 Å². The maximum absolute atomic E-state index is 12.1.